The molecular formula is C22H22F3N7O. The van der Waals surface area contributed by atoms with Crippen LogP contribution in [0.5, 0.6) is 0 Å². The molecule has 6 rings (SSSR count). The van der Waals surface area contributed by atoms with E-state index in [1.54, 1.807) is 12.4 Å². The Hall–Kier alpha value is -3.37. The number of hydrogen-bond donors (Lipinski definition) is 2. The number of pyridine rings is 1. The fourth-order valence-corrected chi connectivity index (χ4v) is 5.71. The van der Waals surface area contributed by atoms with Crippen LogP contribution in [0.3, 0.4) is 0 Å². The fraction of sp³-hybridized carbons (Fsp3) is 0.455. The Bertz CT molecular complexity index is 1170. The van der Waals surface area contributed by atoms with E-state index in [1.807, 2.05) is 17.9 Å². The van der Waals surface area contributed by atoms with E-state index in [4.69, 9.17) is 0 Å². The smallest absolute Gasteiger partial charge is 0.365 e. The van der Waals surface area contributed by atoms with Gasteiger partial charge in [-0.15, -0.1) is 4.80 Å². The SMILES string of the molecule is CC1=CC(C(=O)N2CC3CC34CC(Nc3ccc(C(F)(F)F)cn3)C24)=C(n2nccn2)NC1. The number of rotatable bonds is 4. The zero-order valence-corrected chi connectivity index (χ0v) is 17.8. The van der Waals surface area contributed by atoms with Crippen molar-refractivity contribution in [2.45, 2.75) is 38.0 Å². The zero-order chi connectivity index (χ0) is 23.0. The molecule has 33 heavy (non-hydrogen) atoms. The summed E-state index contributed by atoms with van der Waals surface area (Å²) in [5.41, 5.74) is 0.886. The first kappa shape index (κ1) is 20.3. The lowest BCUT2D eigenvalue weighted by Crippen LogP contribution is -2.60. The molecule has 11 heteroatoms. The monoisotopic (exact) mass is 457 g/mol. The lowest BCUT2D eigenvalue weighted by atomic mass is 9.71. The number of likely N-dealkylation sites (tertiary alicyclic amines) is 1. The maximum absolute atomic E-state index is 13.7. The van der Waals surface area contributed by atoms with Crippen molar-refractivity contribution < 1.29 is 18.0 Å². The second-order valence-corrected chi connectivity index (χ2v) is 9.35. The number of alkyl halides is 3. The molecule has 172 valence electrons. The molecule has 1 saturated heterocycles. The van der Waals surface area contributed by atoms with Crippen LogP contribution >= 0.6 is 0 Å². The van der Waals surface area contributed by atoms with Crippen LogP contribution in [0.4, 0.5) is 19.0 Å². The van der Waals surface area contributed by atoms with Crippen molar-refractivity contribution in [3.63, 3.8) is 0 Å². The lowest BCUT2D eigenvalue weighted by Gasteiger charge is -2.48. The van der Waals surface area contributed by atoms with Gasteiger partial charge in [-0.3, -0.25) is 4.79 Å². The number of nitrogens with one attached hydrogen (secondary N) is 2. The van der Waals surface area contributed by atoms with Gasteiger partial charge in [0.2, 0.25) is 0 Å². The predicted octanol–water partition coefficient (Wildman–Crippen LogP) is 2.51. The van der Waals surface area contributed by atoms with E-state index < -0.39 is 11.7 Å². The zero-order valence-electron chi connectivity index (χ0n) is 17.8. The Labute approximate surface area is 187 Å². The van der Waals surface area contributed by atoms with Crippen LogP contribution in [0.2, 0.25) is 0 Å². The van der Waals surface area contributed by atoms with Crippen LogP contribution in [0, 0.1) is 11.3 Å². The molecule has 4 aliphatic rings. The highest BCUT2D eigenvalue weighted by Gasteiger charge is 2.75. The number of nitrogens with zero attached hydrogens (tertiary/aromatic N) is 5. The molecule has 0 aromatic carbocycles. The quantitative estimate of drug-likeness (QED) is 0.734. The van der Waals surface area contributed by atoms with Gasteiger partial charge < -0.3 is 15.5 Å². The average molecular weight is 457 g/mol. The normalized spacial score (nSPS) is 30.1. The van der Waals surface area contributed by atoms with Gasteiger partial charge >= 0.3 is 6.18 Å². The molecule has 4 unspecified atom stereocenters. The van der Waals surface area contributed by atoms with Crippen LogP contribution < -0.4 is 10.6 Å². The van der Waals surface area contributed by atoms with E-state index in [9.17, 15) is 18.0 Å². The Morgan fingerprint density at radius 1 is 1.24 bits per heavy atom. The number of halogens is 3. The van der Waals surface area contributed by atoms with Crippen molar-refractivity contribution in [2.75, 3.05) is 18.4 Å². The van der Waals surface area contributed by atoms with E-state index >= 15 is 0 Å². The maximum Gasteiger partial charge on any atom is 0.417 e. The predicted molar refractivity (Wildman–Crippen MR) is 112 cm³/mol. The van der Waals surface area contributed by atoms with Gasteiger partial charge in [0.05, 0.1) is 29.6 Å². The Kier molecular flexibility index (Phi) is 4.18. The molecule has 3 fully saturated rings. The summed E-state index contributed by atoms with van der Waals surface area (Å²) in [5, 5.41) is 14.9. The molecule has 4 atom stereocenters. The molecule has 4 heterocycles. The summed E-state index contributed by atoms with van der Waals surface area (Å²) < 4.78 is 38.5. The minimum Gasteiger partial charge on any atom is -0.365 e. The van der Waals surface area contributed by atoms with Gasteiger partial charge in [-0.2, -0.15) is 23.4 Å². The standard InChI is InChI=1S/C22H22F3N7O/c1-12-6-15(19(27-9-12)32-28-4-5-29-32)20(33)31-11-14-7-21(14)8-16(18(21)31)30-17-3-2-13(10-26-17)22(23,24)25/h2-6,10,14,16,18,27H,7-9,11H2,1H3,(H,26,30). The summed E-state index contributed by atoms with van der Waals surface area (Å²) in [4.78, 5) is 21.0. The maximum atomic E-state index is 13.7. The molecule has 2 saturated carbocycles. The summed E-state index contributed by atoms with van der Waals surface area (Å²) in [7, 11) is 0. The third-order valence-electron chi connectivity index (χ3n) is 7.32. The minimum atomic E-state index is -4.42. The number of dihydropyridines is 1. The second-order valence-electron chi connectivity index (χ2n) is 9.35. The first-order chi connectivity index (χ1) is 15.8. The average Bonchev–Trinajstić information content (AvgIpc) is 3.14. The highest BCUT2D eigenvalue weighted by molar-refractivity contribution is 6.02. The molecule has 1 spiro atoms. The van der Waals surface area contributed by atoms with Crippen molar-refractivity contribution in [1.29, 1.82) is 0 Å². The van der Waals surface area contributed by atoms with Crippen molar-refractivity contribution in [3.05, 3.63) is 53.5 Å². The molecule has 0 bridgehead atoms. The Morgan fingerprint density at radius 2 is 2.03 bits per heavy atom. The number of hydrogen-bond acceptors (Lipinski definition) is 6. The van der Waals surface area contributed by atoms with Crippen LogP contribution in [0.25, 0.3) is 5.82 Å². The molecule has 8 nitrogen and oxygen atoms in total. The van der Waals surface area contributed by atoms with E-state index in [0.717, 1.165) is 30.7 Å². The van der Waals surface area contributed by atoms with Crippen molar-refractivity contribution in [1.82, 2.24) is 30.2 Å². The van der Waals surface area contributed by atoms with Crippen LogP contribution in [0.15, 0.2) is 47.9 Å². The third kappa shape index (κ3) is 3.12. The molecule has 2 aliphatic carbocycles. The van der Waals surface area contributed by atoms with Crippen molar-refractivity contribution in [2.24, 2.45) is 11.3 Å². The van der Waals surface area contributed by atoms with Crippen LogP contribution in [-0.4, -0.2) is 56.0 Å². The molecule has 2 N–H and O–H groups in total. The van der Waals surface area contributed by atoms with Gasteiger partial charge in [0.15, 0.2) is 5.82 Å². The second kappa shape index (κ2) is 6.82. The summed E-state index contributed by atoms with van der Waals surface area (Å²) in [6.07, 6.45) is 3.39. The summed E-state index contributed by atoms with van der Waals surface area (Å²) >= 11 is 0. The number of piperidine rings is 1. The molecule has 2 aliphatic heterocycles. The summed E-state index contributed by atoms with van der Waals surface area (Å²) in [6.45, 7) is 3.24. The van der Waals surface area contributed by atoms with Gasteiger partial charge in [0, 0.05) is 25.3 Å². The first-order valence-corrected chi connectivity index (χ1v) is 10.9. The topological polar surface area (TPSA) is 88.0 Å². The number of amides is 1. The third-order valence-corrected chi connectivity index (χ3v) is 7.32. The highest BCUT2D eigenvalue weighted by Crippen LogP contribution is 2.71. The van der Waals surface area contributed by atoms with Gasteiger partial charge in [-0.05, 0) is 49.3 Å². The minimum absolute atomic E-state index is 0.0194. The first-order valence-electron chi connectivity index (χ1n) is 10.9. The van der Waals surface area contributed by atoms with Gasteiger partial charge in [-0.1, -0.05) is 5.57 Å². The molecule has 2 aromatic heterocycles. The number of aromatic nitrogens is 4. The van der Waals surface area contributed by atoms with E-state index in [-0.39, 0.29) is 23.4 Å². The molecule has 2 aromatic rings. The van der Waals surface area contributed by atoms with E-state index in [1.165, 1.54) is 10.9 Å². The fourth-order valence-electron chi connectivity index (χ4n) is 5.71. The highest BCUT2D eigenvalue weighted by atomic mass is 19.4. The summed E-state index contributed by atoms with van der Waals surface area (Å²) in [5.74, 6) is 1.32. The van der Waals surface area contributed by atoms with Crippen molar-refractivity contribution in [3.8, 4) is 0 Å². The lowest BCUT2D eigenvalue weighted by molar-refractivity contribution is -0.137. The van der Waals surface area contributed by atoms with E-state index in [2.05, 4.69) is 25.8 Å². The number of carbonyl (C=O) groups excluding carboxylic acids is 1. The van der Waals surface area contributed by atoms with Gasteiger partial charge in [0.25, 0.3) is 5.91 Å². The van der Waals surface area contributed by atoms with Crippen molar-refractivity contribution >= 4 is 17.5 Å². The largest absolute Gasteiger partial charge is 0.417 e. The van der Waals surface area contributed by atoms with Crippen LogP contribution in [0.1, 0.15) is 25.3 Å². The van der Waals surface area contributed by atoms with Gasteiger partial charge in [0.1, 0.15) is 5.82 Å². The van der Waals surface area contributed by atoms with Gasteiger partial charge in [-0.25, -0.2) is 4.98 Å². The number of carbonyl (C=O) groups is 1. The molecule has 1 amide bonds. The summed E-state index contributed by atoms with van der Waals surface area (Å²) in [6, 6.07) is 2.30. The van der Waals surface area contributed by atoms with E-state index in [0.29, 0.717) is 36.2 Å². The number of anilines is 1. The molecule has 0 radical (unpaired) electrons. The Balaban J connectivity index is 1.25. The van der Waals surface area contributed by atoms with Crippen LogP contribution in [-0.2, 0) is 11.0 Å². The Morgan fingerprint density at radius 3 is 2.73 bits per heavy atom. The molecular weight excluding hydrogens is 435 g/mol.